The van der Waals surface area contributed by atoms with Crippen LogP contribution in [-0.2, 0) is 17.8 Å². The fourth-order valence-electron chi connectivity index (χ4n) is 2.15. The highest BCUT2D eigenvalue weighted by Crippen LogP contribution is 2.33. The van der Waals surface area contributed by atoms with Crippen molar-refractivity contribution in [2.75, 3.05) is 0 Å². The van der Waals surface area contributed by atoms with E-state index in [1.165, 1.54) is 6.92 Å². The van der Waals surface area contributed by atoms with Gasteiger partial charge in [-0.1, -0.05) is 24.3 Å². The fraction of sp³-hybridized carbons (Fsp3) is 0.417. The molecule has 0 fully saturated rings. The van der Waals surface area contributed by atoms with Crippen molar-refractivity contribution in [2.45, 2.75) is 32.1 Å². The Bertz CT molecular complexity index is 442. The van der Waals surface area contributed by atoms with Crippen molar-refractivity contribution < 1.29 is 18.0 Å². The maximum atomic E-state index is 12.9. The molecule has 0 spiro atoms. The zero-order chi connectivity index (χ0) is 12.6. The molecule has 0 saturated carbocycles. The number of hydrogen-bond donors (Lipinski definition) is 0. The van der Waals surface area contributed by atoms with Crippen LogP contribution in [-0.4, -0.2) is 23.0 Å². The Morgan fingerprint density at radius 2 is 1.88 bits per heavy atom. The Labute approximate surface area is 97.0 Å². The highest BCUT2D eigenvalue weighted by Gasteiger charge is 2.46. The predicted molar refractivity (Wildman–Crippen MR) is 56.2 cm³/mol. The molecule has 0 aliphatic carbocycles. The lowest BCUT2D eigenvalue weighted by Crippen LogP contribution is -2.51. The minimum atomic E-state index is -4.38. The molecule has 1 aromatic carbocycles. The first-order valence-corrected chi connectivity index (χ1v) is 5.30. The quantitative estimate of drug-likeness (QED) is 0.685. The van der Waals surface area contributed by atoms with Gasteiger partial charge < -0.3 is 4.90 Å². The van der Waals surface area contributed by atoms with Gasteiger partial charge in [0.15, 0.2) is 0 Å². The SMILES string of the molecule is CC(=O)N1Cc2ccccc2CC1C(F)(F)F. The Morgan fingerprint density at radius 3 is 2.41 bits per heavy atom. The number of alkyl halides is 3. The van der Waals surface area contributed by atoms with E-state index in [2.05, 4.69) is 0 Å². The minimum Gasteiger partial charge on any atom is -0.326 e. The summed E-state index contributed by atoms with van der Waals surface area (Å²) in [6.07, 6.45) is -4.53. The van der Waals surface area contributed by atoms with Crippen molar-refractivity contribution >= 4 is 5.91 Å². The monoisotopic (exact) mass is 243 g/mol. The van der Waals surface area contributed by atoms with Gasteiger partial charge in [0.2, 0.25) is 5.91 Å². The third kappa shape index (κ3) is 2.28. The first-order chi connectivity index (χ1) is 7.89. The molecule has 1 aromatic rings. The molecule has 1 aliphatic rings. The molecule has 0 bridgehead atoms. The average molecular weight is 243 g/mol. The van der Waals surface area contributed by atoms with Crippen LogP contribution in [0.25, 0.3) is 0 Å². The zero-order valence-electron chi connectivity index (χ0n) is 9.29. The second kappa shape index (κ2) is 4.05. The molecule has 1 heterocycles. The van der Waals surface area contributed by atoms with Gasteiger partial charge >= 0.3 is 6.18 Å². The smallest absolute Gasteiger partial charge is 0.326 e. The Hall–Kier alpha value is -1.52. The summed E-state index contributed by atoms with van der Waals surface area (Å²) in [5.74, 6) is -0.540. The van der Waals surface area contributed by atoms with E-state index in [4.69, 9.17) is 0 Å². The number of hydrogen-bond acceptors (Lipinski definition) is 1. The van der Waals surface area contributed by atoms with Crippen molar-refractivity contribution in [3.63, 3.8) is 0 Å². The number of halogens is 3. The topological polar surface area (TPSA) is 20.3 Å². The number of fused-ring (bicyclic) bond motifs is 1. The molecule has 17 heavy (non-hydrogen) atoms. The lowest BCUT2D eigenvalue weighted by molar-refractivity contribution is -0.192. The van der Waals surface area contributed by atoms with Gasteiger partial charge in [-0.2, -0.15) is 13.2 Å². The first-order valence-electron chi connectivity index (χ1n) is 5.30. The van der Waals surface area contributed by atoms with E-state index in [9.17, 15) is 18.0 Å². The van der Waals surface area contributed by atoms with Crippen molar-refractivity contribution in [1.29, 1.82) is 0 Å². The molecule has 0 N–H and O–H groups in total. The van der Waals surface area contributed by atoms with Gasteiger partial charge in [0.1, 0.15) is 6.04 Å². The second-order valence-electron chi connectivity index (χ2n) is 4.18. The van der Waals surface area contributed by atoms with Crippen LogP contribution in [0.1, 0.15) is 18.1 Å². The lowest BCUT2D eigenvalue weighted by atomic mass is 9.93. The highest BCUT2D eigenvalue weighted by molar-refractivity contribution is 5.74. The Morgan fingerprint density at radius 1 is 1.29 bits per heavy atom. The summed E-state index contributed by atoms with van der Waals surface area (Å²) in [4.78, 5) is 12.2. The Balaban J connectivity index is 2.38. The van der Waals surface area contributed by atoms with Crippen molar-refractivity contribution in [2.24, 2.45) is 0 Å². The third-order valence-corrected chi connectivity index (χ3v) is 3.03. The van der Waals surface area contributed by atoms with Gasteiger partial charge in [-0.15, -0.1) is 0 Å². The molecule has 0 radical (unpaired) electrons. The molecule has 2 rings (SSSR count). The summed E-state index contributed by atoms with van der Waals surface area (Å²) in [6, 6.07) is 5.24. The summed E-state index contributed by atoms with van der Waals surface area (Å²) in [5, 5.41) is 0. The normalized spacial score (nSPS) is 20.0. The molecule has 0 saturated heterocycles. The van der Waals surface area contributed by atoms with Gasteiger partial charge in [0, 0.05) is 19.9 Å². The summed E-state index contributed by atoms with van der Waals surface area (Å²) >= 11 is 0. The van der Waals surface area contributed by atoms with Crippen molar-refractivity contribution in [3.05, 3.63) is 35.4 Å². The van der Waals surface area contributed by atoms with Gasteiger partial charge in [-0.3, -0.25) is 4.79 Å². The first kappa shape index (κ1) is 12.0. The maximum Gasteiger partial charge on any atom is 0.409 e. The van der Waals surface area contributed by atoms with Crippen LogP contribution in [0, 0.1) is 0 Å². The molecule has 1 amide bonds. The third-order valence-electron chi connectivity index (χ3n) is 3.03. The van der Waals surface area contributed by atoms with Gasteiger partial charge in [-0.25, -0.2) is 0 Å². The van der Waals surface area contributed by atoms with Crippen molar-refractivity contribution in [3.8, 4) is 0 Å². The molecule has 0 aromatic heterocycles. The molecular weight excluding hydrogens is 231 g/mol. The van der Waals surface area contributed by atoms with E-state index in [1.54, 1.807) is 24.3 Å². The number of amides is 1. The van der Waals surface area contributed by atoms with E-state index in [0.29, 0.717) is 5.56 Å². The van der Waals surface area contributed by atoms with E-state index in [0.717, 1.165) is 10.5 Å². The predicted octanol–water partition coefficient (Wildman–Crippen LogP) is 2.52. The van der Waals surface area contributed by atoms with Crippen LogP contribution in [0.3, 0.4) is 0 Å². The highest BCUT2D eigenvalue weighted by atomic mass is 19.4. The maximum absolute atomic E-state index is 12.9. The number of carbonyl (C=O) groups excluding carboxylic acids is 1. The number of rotatable bonds is 0. The summed E-state index contributed by atoms with van der Waals surface area (Å²) in [7, 11) is 0. The van der Waals surface area contributed by atoms with Gasteiger partial charge in [0.05, 0.1) is 0 Å². The number of benzene rings is 1. The molecule has 1 atom stereocenters. The van der Waals surface area contributed by atoms with Crippen molar-refractivity contribution in [1.82, 2.24) is 4.90 Å². The van der Waals surface area contributed by atoms with Crippen LogP contribution in [0.2, 0.25) is 0 Å². The summed E-state index contributed by atoms with van der Waals surface area (Å²) in [5.41, 5.74) is 1.47. The second-order valence-corrected chi connectivity index (χ2v) is 4.18. The van der Waals surface area contributed by atoms with Gasteiger partial charge in [0.25, 0.3) is 0 Å². The molecule has 2 nitrogen and oxygen atoms in total. The average Bonchev–Trinajstić information content (AvgIpc) is 2.26. The number of nitrogens with zero attached hydrogens (tertiary/aromatic N) is 1. The fourth-order valence-corrected chi connectivity index (χ4v) is 2.15. The van der Waals surface area contributed by atoms with E-state index in [1.807, 2.05) is 0 Å². The van der Waals surface area contributed by atoms with Crippen LogP contribution >= 0.6 is 0 Å². The lowest BCUT2D eigenvalue weighted by Gasteiger charge is -2.37. The largest absolute Gasteiger partial charge is 0.409 e. The van der Waals surface area contributed by atoms with E-state index in [-0.39, 0.29) is 13.0 Å². The van der Waals surface area contributed by atoms with E-state index >= 15 is 0 Å². The molecule has 5 heteroatoms. The van der Waals surface area contributed by atoms with Gasteiger partial charge in [-0.05, 0) is 11.1 Å². The molecule has 1 aliphatic heterocycles. The standard InChI is InChI=1S/C12H12F3NO/c1-8(17)16-7-10-5-3-2-4-9(10)6-11(16)12(13,14)15/h2-5,11H,6-7H2,1H3. The Kier molecular flexibility index (Phi) is 2.85. The summed E-state index contributed by atoms with van der Waals surface area (Å²) < 4.78 is 38.6. The molecule has 1 unspecified atom stereocenters. The molecule has 92 valence electrons. The van der Waals surface area contributed by atoms with Crippen LogP contribution in [0.5, 0.6) is 0 Å². The van der Waals surface area contributed by atoms with E-state index < -0.39 is 18.1 Å². The zero-order valence-corrected chi connectivity index (χ0v) is 9.29. The number of carbonyl (C=O) groups is 1. The minimum absolute atomic E-state index is 0.0374. The summed E-state index contributed by atoms with van der Waals surface area (Å²) in [6.45, 7) is 1.21. The van der Waals surface area contributed by atoms with Crippen LogP contribution in [0.15, 0.2) is 24.3 Å². The van der Waals surface area contributed by atoms with Crippen LogP contribution < -0.4 is 0 Å². The van der Waals surface area contributed by atoms with Crippen LogP contribution in [0.4, 0.5) is 13.2 Å². The molecular formula is C12H12F3NO.